The van der Waals surface area contributed by atoms with E-state index >= 15 is 0 Å². The summed E-state index contributed by atoms with van der Waals surface area (Å²) in [5.41, 5.74) is 1.20. The molecule has 0 aliphatic rings. The zero-order valence-electron chi connectivity index (χ0n) is 11.8. The highest BCUT2D eigenvalue weighted by Crippen LogP contribution is 2.27. The zero-order chi connectivity index (χ0) is 17.2. The molecular formula is C14H12Cl2N2O4S. The quantitative estimate of drug-likeness (QED) is 0.858. The lowest BCUT2D eigenvalue weighted by molar-refractivity contribution is 0.102. The fraction of sp³-hybridized carbons (Fsp3) is 0.0714. The van der Waals surface area contributed by atoms with Gasteiger partial charge in [-0.05, 0) is 42.8 Å². The van der Waals surface area contributed by atoms with Crippen molar-refractivity contribution in [1.29, 1.82) is 0 Å². The summed E-state index contributed by atoms with van der Waals surface area (Å²) in [6, 6.07) is 8.94. The number of halogens is 2. The highest BCUT2D eigenvalue weighted by molar-refractivity contribution is 7.84. The predicted molar refractivity (Wildman–Crippen MR) is 89.3 cm³/mol. The van der Waals surface area contributed by atoms with Crippen LogP contribution in [0.4, 0.5) is 5.69 Å². The van der Waals surface area contributed by atoms with Crippen molar-refractivity contribution in [3.8, 4) is 5.75 Å². The lowest BCUT2D eigenvalue weighted by Gasteiger charge is -2.11. The Bertz CT molecular complexity index is 869. The van der Waals surface area contributed by atoms with Crippen LogP contribution in [0.3, 0.4) is 0 Å². The third-order valence-electron chi connectivity index (χ3n) is 2.76. The van der Waals surface area contributed by atoms with Crippen molar-refractivity contribution in [2.24, 2.45) is 5.14 Å². The van der Waals surface area contributed by atoms with Gasteiger partial charge in [-0.2, -0.15) is 13.6 Å². The van der Waals surface area contributed by atoms with Crippen LogP contribution >= 0.6 is 23.2 Å². The summed E-state index contributed by atoms with van der Waals surface area (Å²) in [5.74, 6) is -0.880. The van der Waals surface area contributed by atoms with Gasteiger partial charge in [-0.1, -0.05) is 29.3 Å². The summed E-state index contributed by atoms with van der Waals surface area (Å²) in [7, 11) is -4.28. The molecule has 0 atom stereocenters. The van der Waals surface area contributed by atoms with Gasteiger partial charge in [-0.3, -0.25) is 4.79 Å². The first-order chi connectivity index (χ1) is 10.7. The van der Waals surface area contributed by atoms with E-state index in [4.69, 9.17) is 28.3 Å². The van der Waals surface area contributed by atoms with E-state index < -0.39 is 16.2 Å². The first-order valence-corrected chi connectivity index (χ1v) is 8.48. The molecule has 1 amide bonds. The van der Waals surface area contributed by atoms with Gasteiger partial charge in [0.25, 0.3) is 5.91 Å². The maximum Gasteiger partial charge on any atom is 0.380 e. The van der Waals surface area contributed by atoms with E-state index in [0.29, 0.717) is 10.7 Å². The van der Waals surface area contributed by atoms with E-state index in [0.717, 1.165) is 5.56 Å². The van der Waals surface area contributed by atoms with Crippen LogP contribution in [0.1, 0.15) is 15.9 Å². The molecule has 0 saturated carbocycles. The number of hydrogen-bond acceptors (Lipinski definition) is 4. The van der Waals surface area contributed by atoms with Gasteiger partial charge < -0.3 is 9.50 Å². The van der Waals surface area contributed by atoms with E-state index in [9.17, 15) is 13.2 Å². The molecule has 122 valence electrons. The number of amides is 1. The van der Waals surface area contributed by atoms with Crippen molar-refractivity contribution in [2.45, 2.75) is 6.92 Å². The zero-order valence-corrected chi connectivity index (χ0v) is 14.2. The second-order valence-electron chi connectivity index (χ2n) is 4.65. The summed E-state index contributed by atoms with van der Waals surface area (Å²) in [4.78, 5) is 12.4. The smallest absolute Gasteiger partial charge is 0.370 e. The van der Waals surface area contributed by atoms with Gasteiger partial charge in [0.05, 0.1) is 16.3 Å². The second-order valence-corrected chi connectivity index (χ2v) is 6.65. The average molecular weight is 375 g/mol. The number of carbonyl (C=O) groups excluding carboxylic acids is 1. The molecule has 23 heavy (non-hydrogen) atoms. The van der Waals surface area contributed by atoms with Crippen molar-refractivity contribution in [2.75, 3.05) is 5.32 Å². The fourth-order valence-corrected chi connectivity index (χ4v) is 2.64. The van der Waals surface area contributed by atoms with Gasteiger partial charge in [0.15, 0.2) is 5.75 Å². The van der Waals surface area contributed by atoms with Crippen LogP contribution < -0.4 is 14.6 Å². The van der Waals surface area contributed by atoms with E-state index in [2.05, 4.69) is 9.50 Å². The highest BCUT2D eigenvalue weighted by atomic mass is 35.5. The van der Waals surface area contributed by atoms with Crippen molar-refractivity contribution in [3.63, 3.8) is 0 Å². The van der Waals surface area contributed by atoms with Crippen LogP contribution in [0.15, 0.2) is 36.4 Å². The van der Waals surface area contributed by atoms with Gasteiger partial charge in [0.2, 0.25) is 0 Å². The summed E-state index contributed by atoms with van der Waals surface area (Å²) in [5, 5.41) is 7.96. The summed E-state index contributed by atoms with van der Waals surface area (Å²) < 4.78 is 26.8. The molecule has 0 unspecified atom stereocenters. The third kappa shape index (κ3) is 4.84. The van der Waals surface area contributed by atoms with Gasteiger partial charge in [-0.25, -0.2) is 0 Å². The standard InChI is InChI=1S/C14H12Cl2N2O4S/c1-8-2-4-12(11(16)6-8)18-14(19)10-7-9(15)3-5-13(10)22-23(17,20)21/h2-7H,1H3,(H,18,19)(H2,17,20,21). The normalized spacial score (nSPS) is 11.1. The topological polar surface area (TPSA) is 98.5 Å². The van der Waals surface area contributed by atoms with Crippen LogP contribution in [0.5, 0.6) is 5.75 Å². The Morgan fingerprint density at radius 3 is 2.48 bits per heavy atom. The minimum absolute atomic E-state index is 0.0943. The Morgan fingerprint density at radius 2 is 1.87 bits per heavy atom. The molecule has 0 saturated heterocycles. The maximum absolute atomic E-state index is 12.4. The first kappa shape index (κ1) is 17.6. The van der Waals surface area contributed by atoms with Crippen molar-refractivity contribution in [3.05, 3.63) is 57.6 Å². The molecule has 0 radical (unpaired) electrons. The monoisotopic (exact) mass is 374 g/mol. The Labute approximate surface area is 143 Å². The molecule has 0 heterocycles. The van der Waals surface area contributed by atoms with Crippen LogP contribution in [-0.4, -0.2) is 14.3 Å². The average Bonchev–Trinajstić information content (AvgIpc) is 2.42. The summed E-state index contributed by atoms with van der Waals surface area (Å²) in [6.45, 7) is 1.85. The number of benzene rings is 2. The summed E-state index contributed by atoms with van der Waals surface area (Å²) >= 11 is 11.9. The SMILES string of the molecule is Cc1ccc(NC(=O)c2cc(Cl)ccc2OS(N)(=O)=O)c(Cl)c1. The maximum atomic E-state index is 12.4. The molecule has 0 fully saturated rings. The summed E-state index contributed by atoms with van der Waals surface area (Å²) in [6.07, 6.45) is 0. The highest BCUT2D eigenvalue weighted by Gasteiger charge is 2.18. The fourth-order valence-electron chi connectivity index (χ4n) is 1.79. The molecule has 3 N–H and O–H groups in total. The van der Waals surface area contributed by atoms with Crippen LogP contribution in [-0.2, 0) is 10.3 Å². The molecular weight excluding hydrogens is 363 g/mol. The molecule has 2 rings (SSSR count). The molecule has 0 aromatic heterocycles. The predicted octanol–water partition coefficient (Wildman–Crippen LogP) is 3.14. The van der Waals surface area contributed by atoms with Gasteiger partial charge in [-0.15, -0.1) is 0 Å². The number of hydrogen-bond donors (Lipinski definition) is 2. The van der Waals surface area contributed by atoms with Crippen molar-refractivity contribution < 1.29 is 17.4 Å². The molecule has 9 heteroatoms. The third-order valence-corrected chi connectivity index (χ3v) is 3.72. The number of anilines is 1. The minimum atomic E-state index is -4.28. The molecule has 0 bridgehead atoms. The first-order valence-electron chi connectivity index (χ1n) is 6.25. The lowest BCUT2D eigenvalue weighted by Crippen LogP contribution is -2.21. The lowest BCUT2D eigenvalue weighted by atomic mass is 10.1. The molecule has 0 spiro atoms. The number of aryl methyl sites for hydroxylation is 1. The molecule has 2 aromatic carbocycles. The molecule has 6 nitrogen and oxygen atoms in total. The van der Waals surface area contributed by atoms with E-state index in [1.165, 1.54) is 18.2 Å². The minimum Gasteiger partial charge on any atom is -0.370 e. The largest absolute Gasteiger partial charge is 0.380 e. The number of rotatable bonds is 4. The Morgan fingerprint density at radius 1 is 1.17 bits per heavy atom. The molecule has 0 aliphatic heterocycles. The van der Waals surface area contributed by atoms with E-state index in [1.54, 1.807) is 18.2 Å². The second kappa shape index (κ2) is 6.76. The molecule has 0 aliphatic carbocycles. The number of nitrogens with two attached hydrogens (primary N) is 1. The van der Waals surface area contributed by atoms with Crippen molar-refractivity contribution in [1.82, 2.24) is 0 Å². The van der Waals surface area contributed by atoms with Gasteiger partial charge in [0, 0.05) is 5.02 Å². The Kier molecular flexibility index (Phi) is 5.16. The Balaban J connectivity index is 2.36. The van der Waals surface area contributed by atoms with E-state index in [1.807, 2.05) is 6.92 Å². The van der Waals surface area contributed by atoms with Crippen LogP contribution in [0, 0.1) is 6.92 Å². The number of carbonyl (C=O) groups is 1. The Hall–Kier alpha value is -1.80. The van der Waals surface area contributed by atoms with Crippen LogP contribution in [0.25, 0.3) is 0 Å². The van der Waals surface area contributed by atoms with Crippen LogP contribution in [0.2, 0.25) is 10.0 Å². The van der Waals surface area contributed by atoms with Gasteiger partial charge >= 0.3 is 10.3 Å². The molecule has 2 aromatic rings. The van der Waals surface area contributed by atoms with Crippen molar-refractivity contribution >= 4 is 45.1 Å². The number of nitrogens with one attached hydrogen (secondary N) is 1. The van der Waals surface area contributed by atoms with Gasteiger partial charge in [0.1, 0.15) is 0 Å². The van der Waals surface area contributed by atoms with E-state index in [-0.39, 0.29) is 16.3 Å².